The number of nitro benzene ring substituents is 1. The second-order valence-electron chi connectivity index (χ2n) is 5.64. The van der Waals surface area contributed by atoms with Crippen LogP contribution in [0.4, 0.5) is 10.8 Å². The molecule has 3 rings (SSSR count). The summed E-state index contributed by atoms with van der Waals surface area (Å²) in [5, 5.41) is 15.7. The minimum absolute atomic E-state index is 0.0142. The highest BCUT2D eigenvalue weighted by atomic mass is 32.1. The van der Waals surface area contributed by atoms with E-state index in [0.29, 0.717) is 16.6 Å². The van der Waals surface area contributed by atoms with Crippen molar-refractivity contribution in [3.8, 4) is 22.8 Å². The molecule has 0 bridgehead atoms. The maximum absolute atomic E-state index is 12.1. The minimum Gasteiger partial charge on any atom is -0.496 e. The summed E-state index contributed by atoms with van der Waals surface area (Å²) in [6, 6.07) is 13.2. The summed E-state index contributed by atoms with van der Waals surface area (Å²) < 4.78 is 10.8. The number of rotatable bonds is 8. The first-order valence-corrected chi connectivity index (χ1v) is 9.21. The number of carbonyl (C=O) groups is 1. The van der Waals surface area contributed by atoms with Gasteiger partial charge in [0, 0.05) is 23.1 Å². The lowest BCUT2D eigenvalue weighted by Crippen LogP contribution is -2.15. The molecule has 0 saturated carbocycles. The van der Waals surface area contributed by atoms with Crippen molar-refractivity contribution in [3.05, 3.63) is 64.0 Å². The zero-order valence-electron chi connectivity index (χ0n) is 15.0. The van der Waals surface area contributed by atoms with Crippen molar-refractivity contribution in [2.75, 3.05) is 19.0 Å². The highest BCUT2D eigenvalue weighted by Crippen LogP contribution is 2.31. The van der Waals surface area contributed by atoms with E-state index in [0.717, 1.165) is 11.3 Å². The van der Waals surface area contributed by atoms with Crippen LogP contribution in [-0.2, 0) is 4.79 Å². The molecule has 3 aromatic rings. The average molecular weight is 399 g/mol. The molecule has 2 aromatic carbocycles. The van der Waals surface area contributed by atoms with Gasteiger partial charge in [-0.2, -0.15) is 0 Å². The Labute approximate surface area is 164 Å². The van der Waals surface area contributed by atoms with Gasteiger partial charge in [-0.1, -0.05) is 12.1 Å². The number of hydrogen-bond donors (Lipinski definition) is 1. The molecule has 9 heteroatoms. The number of ether oxygens (including phenoxy) is 2. The minimum atomic E-state index is -0.482. The molecule has 0 atom stereocenters. The molecule has 144 valence electrons. The molecule has 1 N–H and O–H groups in total. The van der Waals surface area contributed by atoms with Gasteiger partial charge in [-0.25, -0.2) is 4.98 Å². The zero-order chi connectivity index (χ0) is 19.9. The van der Waals surface area contributed by atoms with Gasteiger partial charge in [-0.3, -0.25) is 14.9 Å². The maximum atomic E-state index is 12.1. The third-order valence-corrected chi connectivity index (χ3v) is 4.54. The number of hydrogen-bond acceptors (Lipinski definition) is 7. The lowest BCUT2D eigenvalue weighted by molar-refractivity contribution is -0.384. The number of nitrogens with zero attached hydrogens (tertiary/aromatic N) is 2. The molecule has 1 amide bonds. The van der Waals surface area contributed by atoms with Crippen molar-refractivity contribution in [2.24, 2.45) is 0 Å². The largest absolute Gasteiger partial charge is 0.496 e. The van der Waals surface area contributed by atoms with Crippen LogP contribution in [0.3, 0.4) is 0 Å². The first-order valence-electron chi connectivity index (χ1n) is 8.33. The number of aromatic nitrogens is 1. The summed E-state index contributed by atoms with van der Waals surface area (Å²) in [6.45, 7) is 0.147. The van der Waals surface area contributed by atoms with Crippen molar-refractivity contribution in [1.29, 1.82) is 0 Å². The van der Waals surface area contributed by atoms with E-state index in [1.54, 1.807) is 7.11 Å². The Bertz CT molecular complexity index is 972. The Morgan fingerprint density at radius 3 is 2.68 bits per heavy atom. The fraction of sp³-hybridized carbons (Fsp3) is 0.158. The lowest BCUT2D eigenvalue weighted by Gasteiger charge is -2.06. The van der Waals surface area contributed by atoms with E-state index in [1.165, 1.54) is 35.6 Å². The smallest absolute Gasteiger partial charge is 0.269 e. The van der Waals surface area contributed by atoms with Gasteiger partial charge in [0.1, 0.15) is 11.5 Å². The van der Waals surface area contributed by atoms with Gasteiger partial charge < -0.3 is 14.8 Å². The van der Waals surface area contributed by atoms with Gasteiger partial charge in [0.15, 0.2) is 5.13 Å². The van der Waals surface area contributed by atoms with Gasteiger partial charge in [-0.15, -0.1) is 11.3 Å². The van der Waals surface area contributed by atoms with Crippen molar-refractivity contribution < 1.29 is 19.2 Å². The monoisotopic (exact) mass is 399 g/mol. The number of non-ortho nitro benzene ring substituents is 1. The fourth-order valence-corrected chi connectivity index (χ4v) is 3.15. The van der Waals surface area contributed by atoms with Crippen LogP contribution in [0.5, 0.6) is 11.5 Å². The first kappa shape index (κ1) is 19.3. The van der Waals surface area contributed by atoms with Gasteiger partial charge in [0.25, 0.3) is 5.69 Å². The number of thiazole rings is 1. The van der Waals surface area contributed by atoms with Crippen LogP contribution in [0.2, 0.25) is 0 Å². The molecular formula is C19H17N3O5S. The Morgan fingerprint density at radius 1 is 1.21 bits per heavy atom. The van der Waals surface area contributed by atoms with Crippen molar-refractivity contribution in [3.63, 3.8) is 0 Å². The number of carbonyl (C=O) groups excluding carboxylic acids is 1. The summed E-state index contributed by atoms with van der Waals surface area (Å²) in [5.74, 6) is 0.941. The average Bonchev–Trinajstić information content (AvgIpc) is 3.16. The van der Waals surface area contributed by atoms with Crippen LogP contribution >= 0.6 is 11.3 Å². The number of methoxy groups -OCH3 is 1. The highest BCUT2D eigenvalue weighted by molar-refractivity contribution is 7.14. The molecule has 0 spiro atoms. The molecule has 1 aromatic heterocycles. The van der Waals surface area contributed by atoms with Gasteiger partial charge >= 0.3 is 0 Å². The fourth-order valence-electron chi connectivity index (χ4n) is 2.42. The SMILES string of the molecule is COc1ccccc1-c1csc(NC(=O)CCOc2ccc([N+](=O)[O-])cc2)n1. The number of benzene rings is 2. The molecule has 0 radical (unpaired) electrons. The molecular weight excluding hydrogens is 382 g/mol. The molecule has 0 aliphatic rings. The standard InChI is InChI=1S/C19H17N3O5S/c1-26-17-5-3-2-4-15(17)16-12-28-19(20-16)21-18(23)10-11-27-14-8-6-13(7-9-14)22(24)25/h2-9,12H,10-11H2,1H3,(H,20,21,23). The van der Waals surface area contributed by atoms with Crippen molar-refractivity contribution in [2.45, 2.75) is 6.42 Å². The molecule has 0 unspecified atom stereocenters. The van der Waals surface area contributed by atoms with E-state index in [-0.39, 0.29) is 24.6 Å². The van der Waals surface area contributed by atoms with E-state index >= 15 is 0 Å². The van der Waals surface area contributed by atoms with Gasteiger partial charge in [-0.05, 0) is 24.3 Å². The number of anilines is 1. The van der Waals surface area contributed by atoms with E-state index in [1.807, 2.05) is 29.6 Å². The molecule has 8 nitrogen and oxygen atoms in total. The van der Waals surface area contributed by atoms with E-state index in [9.17, 15) is 14.9 Å². The number of nitro groups is 1. The molecule has 0 saturated heterocycles. The van der Waals surface area contributed by atoms with Gasteiger partial charge in [0.2, 0.25) is 5.91 Å². The Balaban J connectivity index is 1.51. The number of para-hydroxylation sites is 1. The van der Waals surface area contributed by atoms with Crippen LogP contribution in [0, 0.1) is 10.1 Å². The summed E-state index contributed by atoms with van der Waals surface area (Å²) in [6.07, 6.45) is 0.126. The van der Waals surface area contributed by atoms with Crippen molar-refractivity contribution >= 4 is 28.1 Å². The number of amides is 1. The number of nitrogens with one attached hydrogen (secondary N) is 1. The van der Waals surface area contributed by atoms with E-state index in [4.69, 9.17) is 9.47 Å². The maximum Gasteiger partial charge on any atom is 0.269 e. The Morgan fingerprint density at radius 2 is 1.96 bits per heavy atom. The van der Waals surface area contributed by atoms with Crippen LogP contribution in [0.15, 0.2) is 53.9 Å². The van der Waals surface area contributed by atoms with Gasteiger partial charge in [0.05, 0.1) is 30.8 Å². The van der Waals surface area contributed by atoms with Crippen LogP contribution in [-0.4, -0.2) is 29.5 Å². The summed E-state index contributed by atoms with van der Waals surface area (Å²) >= 11 is 1.32. The second kappa shape index (κ2) is 8.96. The Kier molecular flexibility index (Phi) is 6.18. The predicted molar refractivity (Wildman–Crippen MR) is 106 cm³/mol. The first-order chi connectivity index (χ1) is 13.6. The molecule has 0 aliphatic carbocycles. The predicted octanol–water partition coefficient (Wildman–Crippen LogP) is 4.13. The summed E-state index contributed by atoms with van der Waals surface area (Å²) in [7, 11) is 1.60. The normalized spacial score (nSPS) is 10.3. The topological polar surface area (TPSA) is 104 Å². The van der Waals surface area contributed by atoms with E-state index in [2.05, 4.69) is 10.3 Å². The van der Waals surface area contributed by atoms with Crippen LogP contribution in [0.25, 0.3) is 11.3 Å². The Hall–Kier alpha value is -3.46. The highest BCUT2D eigenvalue weighted by Gasteiger charge is 2.11. The third kappa shape index (κ3) is 4.83. The third-order valence-electron chi connectivity index (χ3n) is 3.78. The van der Waals surface area contributed by atoms with Crippen LogP contribution in [0.1, 0.15) is 6.42 Å². The molecule has 28 heavy (non-hydrogen) atoms. The second-order valence-corrected chi connectivity index (χ2v) is 6.49. The van der Waals surface area contributed by atoms with Crippen molar-refractivity contribution in [1.82, 2.24) is 4.98 Å². The molecule has 0 aliphatic heterocycles. The lowest BCUT2D eigenvalue weighted by atomic mass is 10.1. The summed E-state index contributed by atoms with van der Waals surface area (Å²) in [4.78, 5) is 26.6. The quantitative estimate of drug-likeness (QED) is 0.451. The summed E-state index contributed by atoms with van der Waals surface area (Å²) in [5.41, 5.74) is 1.56. The van der Waals surface area contributed by atoms with Crippen LogP contribution < -0.4 is 14.8 Å². The molecule has 0 fully saturated rings. The zero-order valence-corrected chi connectivity index (χ0v) is 15.8. The van der Waals surface area contributed by atoms with E-state index < -0.39 is 4.92 Å². The molecule has 1 heterocycles.